The van der Waals surface area contributed by atoms with E-state index >= 15 is 0 Å². The highest BCUT2D eigenvalue weighted by molar-refractivity contribution is 9.10. The van der Waals surface area contributed by atoms with Gasteiger partial charge in [-0.3, -0.25) is 0 Å². The summed E-state index contributed by atoms with van der Waals surface area (Å²) in [6.45, 7) is 2.12. The molecule has 1 saturated carbocycles. The molecule has 0 bridgehead atoms. The van der Waals surface area contributed by atoms with Crippen LogP contribution in [0.4, 0.5) is 0 Å². The predicted molar refractivity (Wildman–Crippen MR) is 76.3 cm³/mol. The van der Waals surface area contributed by atoms with Crippen molar-refractivity contribution < 1.29 is 9.47 Å². The van der Waals surface area contributed by atoms with E-state index in [1.165, 1.54) is 6.42 Å². The van der Waals surface area contributed by atoms with Gasteiger partial charge in [0.1, 0.15) is 16.0 Å². The number of hydrogen-bond donors (Lipinski definition) is 1. The molecule has 2 rings (SSSR count). The van der Waals surface area contributed by atoms with Gasteiger partial charge in [0.05, 0.1) is 14.2 Å². The van der Waals surface area contributed by atoms with Crippen molar-refractivity contribution in [3.05, 3.63) is 21.7 Å². The lowest BCUT2D eigenvalue weighted by Crippen LogP contribution is -2.43. The molecular formula is C14H20BrNO2. The second kappa shape index (κ2) is 5.10. The Labute approximate surface area is 117 Å². The molecule has 18 heavy (non-hydrogen) atoms. The van der Waals surface area contributed by atoms with Crippen molar-refractivity contribution in [1.29, 1.82) is 0 Å². The molecule has 0 heterocycles. The van der Waals surface area contributed by atoms with Crippen LogP contribution in [0.1, 0.15) is 37.3 Å². The van der Waals surface area contributed by atoms with Crippen LogP contribution in [-0.4, -0.2) is 14.2 Å². The molecule has 3 nitrogen and oxygen atoms in total. The fraction of sp³-hybridized carbons (Fsp3) is 0.571. The van der Waals surface area contributed by atoms with Gasteiger partial charge in [-0.2, -0.15) is 0 Å². The fourth-order valence-electron chi connectivity index (χ4n) is 2.55. The Morgan fingerprint density at radius 2 is 1.89 bits per heavy atom. The van der Waals surface area contributed by atoms with Crippen molar-refractivity contribution in [1.82, 2.24) is 0 Å². The van der Waals surface area contributed by atoms with Crippen molar-refractivity contribution in [3.63, 3.8) is 0 Å². The van der Waals surface area contributed by atoms with Crippen molar-refractivity contribution >= 4 is 15.9 Å². The average Bonchev–Trinajstić information content (AvgIpc) is 2.34. The molecule has 0 amide bonds. The van der Waals surface area contributed by atoms with Crippen LogP contribution in [0.15, 0.2) is 10.5 Å². The zero-order chi connectivity index (χ0) is 13.3. The second-order valence-electron chi connectivity index (χ2n) is 4.83. The molecule has 0 aromatic heterocycles. The van der Waals surface area contributed by atoms with Crippen molar-refractivity contribution in [2.75, 3.05) is 14.2 Å². The molecule has 100 valence electrons. The SMILES string of the molecule is CCc1cc(C2(N)CCC2)c(OC)c(Br)c1OC. The zero-order valence-electron chi connectivity index (χ0n) is 11.2. The van der Waals surface area contributed by atoms with Crippen molar-refractivity contribution in [3.8, 4) is 11.5 Å². The molecule has 0 aliphatic heterocycles. The van der Waals surface area contributed by atoms with Crippen molar-refractivity contribution in [2.24, 2.45) is 5.73 Å². The smallest absolute Gasteiger partial charge is 0.141 e. The van der Waals surface area contributed by atoms with Crippen LogP contribution in [0, 0.1) is 0 Å². The third-order valence-electron chi connectivity index (χ3n) is 3.82. The van der Waals surface area contributed by atoms with Crippen LogP contribution >= 0.6 is 15.9 Å². The van der Waals surface area contributed by atoms with Gasteiger partial charge in [-0.05, 0) is 53.2 Å². The van der Waals surface area contributed by atoms with Gasteiger partial charge in [-0.1, -0.05) is 6.92 Å². The molecular weight excluding hydrogens is 294 g/mol. The number of nitrogens with two attached hydrogens (primary N) is 1. The maximum atomic E-state index is 6.44. The topological polar surface area (TPSA) is 44.5 Å². The van der Waals surface area contributed by atoms with E-state index in [4.69, 9.17) is 15.2 Å². The van der Waals surface area contributed by atoms with E-state index in [9.17, 15) is 0 Å². The van der Waals surface area contributed by atoms with E-state index < -0.39 is 0 Å². The van der Waals surface area contributed by atoms with E-state index in [-0.39, 0.29) is 5.54 Å². The molecule has 2 N–H and O–H groups in total. The van der Waals surface area contributed by atoms with Crippen LogP contribution in [-0.2, 0) is 12.0 Å². The highest BCUT2D eigenvalue weighted by atomic mass is 79.9. The van der Waals surface area contributed by atoms with Gasteiger partial charge in [0.15, 0.2) is 0 Å². The lowest BCUT2D eigenvalue weighted by Gasteiger charge is -2.40. The first-order valence-electron chi connectivity index (χ1n) is 6.30. The maximum Gasteiger partial charge on any atom is 0.141 e. The number of methoxy groups -OCH3 is 2. The van der Waals surface area contributed by atoms with Gasteiger partial charge in [0.2, 0.25) is 0 Å². The van der Waals surface area contributed by atoms with Gasteiger partial charge in [-0.25, -0.2) is 0 Å². The number of halogens is 1. The highest BCUT2D eigenvalue weighted by Crippen LogP contribution is 2.49. The molecule has 0 spiro atoms. The van der Waals surface area contributed by atoms with Crippen LogP contribution < -0.4 is 15.2 Å². The molecule has 1 aliphatic rings. The van der Waals surface area contributed by atoms with Crippen LogP contribution in [0.25, 0.3) is 0 Å². The highest BCUT2D eigenvalue weighted by Gasteiger charge is 2.38. The lowest BCUT2D eigenvalue weighted by atomic mass is 9.72. The summed E-state index contributed by atoms with van der Waals surface area (Å²) in [6, 6.07) is 2.14. The minimum atomic E-state index is -0.232. The van der Waals surface area contributed by atoms with E-state index in [1.54, 1.807) is 14.2 Å². The largest absolute Gasteiger partial charge is 0.495 e. The first kappa shape index (κ1) is 13.7. The quantitative estimate of drug-likeness (QED) is 0.927. The third-order valence-corrected chi connectivity index (χ3v) is 4.55. The molecule has 4 heteroatoms. The molecule has 0 saturated heterocycles. The summed E-state index contributed by atoms with van der Waals surface area (Å²) >= 11 is 3.58. The van der Waals surface area contributed by atoms with Crippen LogP contribution in [0.2, 0.25) is 0 Å². The fourth-order valence-corrected chi connectivity index (χ4v) is 3.34. The second-order valence-corrected chi connectivity index (χ2v) is 5.62. The molecule has 1 aliphatic carbocycles. The third kappa shape index (κ3) is 2.01. The summed E-state index contributed by atoms with van der Waals surface area (Å²) in [7, 11) is 3.36. The van der Waals surface area contributed by atoms with E-state index in [1.807, 2.05) is 0 Å². The Balaban J connectivity index is 2.62. The monoisotopic (exact) mass is 313 g/mol. The molecule has 0 radical (unpaired) electrons. The molecule has 0 atom stereocenters. The van der Waals surface area contributed by atoms with Gasteiger partial charge < -0.3 is 15.2 Å². The summed E-state index contributed by atoms with van der Waals surface area (Å²) in [5, 5.41) is 0. The van der Waals surface area contributed by atoms with E-state index in [0.29, 0.717) is 0 Å². The average molecular weight is 314 g/mol. The Hall–Kier alpha value is -0.740. The Bertz CT molecular complexity index is 456. The zero-order valence-corrected chi connectivity index (χ0v) is 12.8. The van der Waals surface area contributed by atoms with Gasteiger partial charge >= 0.3 is 0 Å². The van der Waals surface area contributed by atoms with Gasteiger partial charge in [-0.15, -0.1) is 0 Å². The molecule has 1 aromatic carbocycles. The molecule has 0 unspecified atom stereocenters. The van der Waals surface area contributed by atoms with Crippen LogP contribution in [0.3, 0.4) is 0 Å². The minimum absolute atomic E-state index is 0.232. The lowest BCUT2D eigenvalue weighted by molar-refractivity contribution is 0.242. The summed E-state index contributed by atoms with van der Waals surface area (Å²) in [6.07, 6.45) is 4.14. The standard InChI is InChI=1S/C14H20BrNO2/c1-4-9-8-10(14(16)6-5-7-14)13(18-3)11(15)12(9)17-2/h8H,4-7,16H2,1-3H3. The maximum absolute atomic E-state index is 6.44. The molecule has 1 aromatic rings. The number of hydrogen-bond acceptors (Lipinski definition) is 3. The van der Waals surface area contributed by atoms with E-state index in [0.717, 1.165) is 46.4 Å². The van der Waals surface area contributed by atoms with Gasteiger partial charge in [0.25, 0.3) is 0 Å². The Morgan fingerprint density at radius 1 is 1.28 bits per heavy atom. The summed E-state index contributed by atoms with van der Waals surface area (Å²) in [5.41, 5.74) is 8.47. The summed E-state index contributed by atoms with van der Waals surface area (Å²) in [5.74, 6) is 1.66. The van der Waals surface area contributed by atoms with E-state index in [2.05, 4.69) is 28.9 Å². The first-order chi connectivity index (χ1) is 8.57. The summed E-state index contributed by atoms with van der Waals surface area (Å²) < 4.78 is 11.9. The van der Waals surface area contributed by atoms with Crippen LogP contribution in [0.5, 0.6) is 11.5 Å². The molecule has 1 fully saturated rings. The normalized spacial score (nSPS) is 17.2. The Morgan fingerprint density at radius 3 is 2.28 bits per heavy atom. The predicted octanol–water partition coefficient (Wildman–Crippen LogP) is 3.37. The first-order valence-corrected chi connectivity index (χ1v) is 7.09. The summed E-state index contributed by atoms with van der Waals surface area (Å²) in [4.78, 5) is 0. The number of benzene rings is 1. The van der Waals surface area contributed by atoms with Crippen molar-refractivity contribution in [2.45, 2.75) is 38.1 Å². The minimum Gasteiger partial charge on any atom is -0.495 e. The number of aryl methyl sites for hydroxylation is 1. The Kier molecular flexibility index (Phi) is 3.87. The number of rotatable bonds is 4. The van der Waals surface area contributed by atoms with Gasteiger partial charge in [0, 0.05) is 11.1 Å². The number of ether oxygens (including phenoxy) is 2.